The molecule has 0 aromatic carbocycles. The first-order valence-electron chi connectivity index (χ1n) is 5.62. The number of pyridine rings is 1. The van der Waals surface area contributed by atoms with E-state index in [4.69, 9.17) is 10.8 Å². The highest BCUT2D eigenvalue weighted by molar-refractivity contribution is 5.96. The number of carbonyl (C=O) groups is 1. The quantitative estimate of drug-likeness (QED) is 0.728. The molecule has 0 saturated heterocycles. The predicted molar refractivity (Wildman–Crippen MR) is 68.8 cm³/mol. The van der Waals surface area contributed by atoms with Crippen LogP contribution >= 0.6 is 0 Å². The first-order valence-corrected chi connectivity index (χ1v) is 5.62. The molecule has 1 heterocycles. The number of nitrogens with two attached hydrogens (primary N) is 1. The first kappa shape index (κ1) is 14.2. The van der Waals surface area contributed by atoms with Crippen molar-refractivity contribution in [2.45, 2.75) is 13.0 Å². The molecule has 1 aromatic heterocycles. The molecule has 1 amide bonds. The third-order valence-electron chi connectivity index (χ3n) is 2.62. The van der Waals surface area contributed by atoms with E-state index in [-0.39, 0.29) is 25.1 Å². The summed E-state index contributed by atoms with van der Waals surface area (Å²) in [6, 6.07) is 1.37. The van der Waals surface area contributed by atoms with Crippen molar-refractivity contribution in [2.24, 2.45) is 5.73 Å². The van der Waals surface area contributed by atoms with Gasteiger partial charge in [-0.1, -0.05) is 11.8 Å². The summed E-state index contributed by atoms with van der Waals surface area (Å²) in [4.78, 5) is 17.6. The van der Waals surface area contributed by atoms with Gasteiger partial charge in [0.15, 0.2) is 0 Å². The van der Waals surface area contributed by atoms with Gasteiger partial charge < -0.3 is 15.7 Å². The molecule has 0 bridgehead atoms. The average Bonchev–Trinajstić information content (AvgIpc) is 2.42. The van der Waals surface area contributed by atoms with Crippen LogP contribution in [-0.2, 0) is 0 Å². The van der Waals surface area contributed by atoms with Crippen LogP contribution in [0.15, 0.2) is 18.5 Å². The van der Waals surface area contributed by atoms with Crippen LogP contribution in [-0.4, -0.2) is 47.1 Å². The van der Waals surface area contributed by atoms with Crippen molar-refractivity contribution in [3.63, 3.8) is 0 Å². The van der Waals surface area contributed by atoms with E-state index in [0.29, 0.717) is 11.1 Å². The van der Waals surface area contributed by atoms with E-state index in [2.05, 4.69) is 16.8 Å². The van der Waals surface area contributed by atoms with Crippen molar-refractivity contribution in [1.82, 2.24) is 9.88 Å². The summed E-state index contributed by atoms with van der Waals surface area (Å²) in [6.07, 6.45) is 3.08. The monoisotopic (exact) mass is 247 g/mol. The summed E-state index contributed by atoms with van der Waals surface area (Å²) in [5.74, 6) is 5.32. The molecular formula is C13H17N3O2. The van der Waals surface area contributed by atoms with Crippen molar-refractivity contribution in [1.29, 1.82) is 0 Å². The lowest BCUT2D eigenvalue weighted by Crippen LogP contribution is -2.37. The number of nitrogens with zero attached hydrogens (tertiary/aromatic N) is 2. The highest BCUT2D eigenvalue weighted by atomic mass is 16.3. The maximum Gasteiger partial charge on any atom is 0.255 e. The molecule has 0 aliphatic rings. The zero-order valence-electron chi connectivity index (χ0n) is 10.6. The Morgan fingerprint density at radius 3 is 3.00 bits per heavy atom. The van der Waals surface area contributed by atoms with E-state index in [1.165, 1.54) is 17.3 Å². The van der Waals surface area contributed by atoms with Crippen LogP contribution < -0.4 is 5.73 Å². The molecule has 0 spiro atoms. The molecular weight excluding hydrogens is 230 g/mol. The van der Waals surface area contributed by atoms with Gasteiger partial charge in [-0.25, -0.2) is 0 Å². The minimum absolute atomic E-state index is 0.0862. The Balaban J connectivity index is 3.05. The number of rotatable bonds is 3. The van der Waals surface area contributed by atoms with Gasteiger partial charge in [-0.05, 0) is 13.0 Å². The minimum atomic E-state index is -0.249. The Kier molecular flexibility index (Phi) is 5.31. The first-order chi connectivity index (χ1) is 8.61. The van der Waals surface area contributed by atoms with Gasteiger partial charge in [0.25, 0.3) is 5.91 Å². The largest absolute Gasteiger partial charge is 0.394 e. The second-order valence-electron chi connectivity index (χ2n) is 3.87. The Morgan fingerprint density at radius 1 is 1.67 bits per heavy atom. The van der Waals surface area contributed by atoms with E-state index >= 15 is 0 Å². The lowest BCUT2D eigenvalue weighted by Gasteiger charge is -2.23. The Morgan fingerprint density at radius 2 is 2.39 bits per heavy atom. The van der Waals surface area contributed by atoms with Crippen LogP contribution in [0.5, 0.6) is 0 Å². The van der Waals surface area contributed by atoms with Crippen molar-refractivity contribution >= 4 is 5.91 Å². The number of carbonyl (C=O) groups excluding carboxylic acids is 1. The molecule has 5 nitrogen and oxygen atoms in total. The van der Waals surface area contributed by atoms with Gasteiger partial charge in [-0.3, -0.25) is 9.78 Å². The number of likely N-dealkylation sites (N-methyl/N-ethyl adjacent to an activating group) is 1. The zero-order chi connectivity index (χ0) is 13.5. The van der Waals surface area contributed by atoms with Crippen molar-refractivity contribution in [2.75, 3.05) is 20.2 Å². The summed E-state index contributed by atoms with van der Waals surface area (Å²) in [7, 11) is 1.64. The lowest BCUT2D eigenvalue weighted by atomic mass is 10.1. The molecule has 1 aromatic rings. The van der Waals surface area contributed by atoms with Crippen molar-refractivity contribution in [3.8, 4) is 11.8 Å². The molecule has 1 rings (SSSR count). The molecule has 3 N–H and O–H groups in total. The fraction of sp³-hybridized carbons (Fsp3) is 0.385. The molecule has 5 heteroatoms. The standard InChI is InChI=1S/C13H17N3O2/c1-10(9-17)16(2)13(18)12-5-7-15-8-11(12)4-3-6-14/h5,7-8,10,17H,6,9,14H2,1-2H3. The van der Waals surface area contributed by atoms with Crippen LogP contribution in [0.4, 0.5) is 0 Å². The van der Waals surface area contributed by atoms with Crippen molar-refractivity contribution < 1.29 is 9.90 Å². The highest BCUT2D eigenvalue weighted by Crippen LogP contribution is 2.10. The van der Waals surface area contributed by atoms with Gasteiger partial charge in [-0.2, -0.15) is 0 Å². The summed E-state index contributed by atoms with van der Waals surface area (Å²) >= 11 is 0. The molecule has 18 heavy (non-hydrogen) atoms. The molecule has 0 radical (unpaired) electrons. The number of hydrogen-bond acceptors (Lipinski definition) is 4. The van der Waals surface area contributed by atoms with Crippen LogP contribution in [0.1, 0.15) is 22.8 Å². The molecule has 0 saturated carbocycles. The number of aliphatic hydroxyl groups excluding tert-OH is 1. The Hall–Kier alpha value is -1.90. The smallest absolute Gasteiger partial charge is 0.255 e. The molecule has 1 unspecified atom stereocenters. The zero-order valence-corrected chi connectivity index (χ0v) is 10.6. The summed E-state index contributed by atoms with van der Waals surface area (Å²) < 4.78 is 0. The van der Waals surface area contributed by atoms with E-state index in [1.54, 1.807) is 20.0 Å². The van der Waals surface area contributed by atoms with Gasteiger partial charge in [-0.15, -0.1) is 0 Å². The number of amides is 1. The van der Waals surface area contributed by atoms with E-state index < -0.39 is 0 Å². The summed E-state index contributed by atoms with van der Waals surface area (Å²) in [5, 5.41) is 9.06. The second-order valence-corrected chi connectivity index (χ2v) is 3.87. The molecule has 96 valence electrons. The Bertz CT molecular complexity index is 477. The van der Waals surface area contributed by atoms with Gasteiger partial charge in [0.2, 0.25) is 0 Å². The fourth-order valence-electron chi connectivity index (χ4n) is 1.34. The third-order valence-corrected chi connectivity index (χ3v) is 2.62. The van der Waals surface area contributed by atoms with Gasteiger partial charge in [0, 0.05) is 19.4 Å². The van der Waals surface area contributed by atoms with E-state index in [1.807, 2.05) is 0 Å². The lowest BCUT2D eigenvalue weighted by molar-refractivity contribution is 0.0682. The predicted octanol–water partition coefficient (Wildman–Crippen LogP) is -0.155. The van der Waals surface area contributed by atoms with Crippen LogP contribution in [0.2, 0.25) is 0 Å². The minimum Gasteiger partial charge on any atom is -0.394 e. The second kappa shape index (κ2) is 6.74. The number of aliphatic hydroxyl groups is 1. The molecule has 0 fully saturated rings. The summed E-state index contributed by atoms with van der Waals surface area (Å²) in [6.45, 7) is 1.91. The van der Waals surface area contributed by atoms with Crippen LogP contribution in [0.25, 0.3) is 0 Å². The molecule has 1 atom stereocenters. The van der Waals surface area contributed by atoms with E-state index in [0.717, 1.165) is 0 Å². The van der Waals surface area contributed by atoms with Gasteiger partial charge in [0.1, 0.15) is 0 Å². The number of hydrogen-bond donors (Lipinski definition) is 2. The SMILES string of the molecule is CC(CO)N(C)C(=O)c1ccncc1C#CCN. The van der Waals surface area contributed by atoms with E-state index in [9.17, 15) is 4.79 Å². The number of aromatic nitrogens is 1. The fourth-order valence-corrected chi connectivity index (χ4v) is 1.34. The van der Waals surface area contributed by atoms with Gasteiger partial charge in [0.05, 0.1) is 30.3 Å². The maximum atomic E-state index is 12.2. The van der Waals surface area contributed by atoms with Crippen molar-refractivity contribution in [3.05, 3.63) is 29.6 Å². The molecule has 0 aliphatic heterocycles. The average molecular weight is 247 g/mol. The topological polar surface area (TPSA) is 79.5 Å². The van der Waals surface area contributed by atoms with Crippen LogP contribution in [0, 0.1) is 11.8 Å². The Labute approximate surface area is 107 Å². The highest BCUT2D eigenvalue weighted by Gasteiger charge is 2.18. The summed E-state index contributed by atoms with van der Waals surface area (Å²) in [5.41, 5.74) is 6.32. The molecule has 0 aliphatic carbocycles. The van der Waals surface area contributed by atoms with Crippen LogP contribution in [0.3, 0.4) is 0 Å². The van der Waals surface area contributed by atoms with Gasteiger partial charge >= 0.3 is 0 Å². The third kappa shape index (κ3) is 3.29. The normalized spacial score (nSPS) is 11.3. The maximum absolute atomic E-state index is 12.2.